The summed E-state index contributed by atoms with van der Waals surface area (Å²) in [5.41, 5.74) is 0.813. The van der Waals surface area contributed by atoms with E-state index in [-0.39, 0.29) is 11.5 Å². The molecular formula is C27H33F2N3O. The minimum absolute atomic E-state index is 0.128. The quantitative estimate of drug-likeness (QED) is 0.549. The lowest BCUT2D eigenvalue weighted by Gasteiger charge is -2.37. The first-order valence-electron chi connectivity index (χ1n) is 12.1. The van der Waals surface area contributed by atoms with Crippen LogP contribution in [-0.4, -0.2) is 41.2 Å². The molecule has 1 amide bonds. The van der Waals surface area contributed by atoms with E-state index in [4.69, 9.17) is 0 Å². The molecule has 0 bridgehead atoms. The maximum absolute atomic E-state index is 14.6. The second-order valence-corrected chi connectivity index (χ2v) is 9.29. The molecule has 0 saturated carbocycles. The molecule has 2 heterocycles. The third-order valence-electron chi connectivity index (χ3n) is 6.95. The Morgan fingerprint density at radius 1 is 1.00 bits per heavy atom. The van der Waals surface area contributed by atoms with Gasteiger partial charge in [0.05, 0.1) is 11.3 Å². The van der Waals surface area contributed by atoms with Gasteiger partial charge in [0.15, 0.2) is 0 Å². The van der Waals surface area contributed by atoms with Gasteiger partial charge in [0.1, 0.15) is 11.6 Å². The van der Waals surface area contributed by atoms with Gasteiger partial charge in [-0.05, 0) is 69.1 Å². The second-order valence-electron chi connectivity index (χ2n) is 9.29. The lowest BCUT2D eigenvalue weighted by atomic mass is 9.80. The molecule has 33 heavy (non-hydrogen) atoms. The summed E-state index contributed by atoms with van der Waals surface area (Å²) < 4.78 is 28.5. The van der Waals surface area contributed by atoms with E-state index < -0.39 is 17.2 Å². The van der Waals surface area contributed by atoms with Crippen LogP contribution in [-0.2, 0) is 10.3 Å². The van der Waals surface area contributed by atoms with Crippen LogP contribution in [0.1, 0.15) is 69.4 Å². The van der Waals surface area contributed by atoms with Gasteiger partial charge in [0.25, 0.3) is 0 Å². The molecule has 0 unspecified atom stereocenters. The number of carbonyl (C=O) groups excluding carboxylic acids is 1. The molecule has 1 fully saturated rings. The van der Waals surface area contributed by atoms with Gasteiger partial charge < -0.3 is 4.90 Å². The molecule has 0 aliphatic carbocycles. The zero-order chi connectivity index (χ0) is 23.3. The average molecular weight is 454 g/mol. The van der Waals surface area contributed by atoms with E-state index in [1.165, 1.54) is 50.1 Å². The maximum atomic E-state index is 14.6. The molecule has 2 aliphatic rings. The molecule has 0 N–H and O–H groups in total. The van der Waals surface area contributed by atoms with Crippen molar-refractivity contribution in [2.24, 2.45) is 5.10 Å². The number of rotatable bonds is 6. The number of nitrogens with zero attached hydrogens (tertiary/aromatic N) is 3. The van der Waals surface area contributed by atoms with Crippen molar-refractivity contribution in [1.29, 1.82) is 0 Å². The van der Waals surface area contributed by atoms with Crippen LogP contribution in [0.25, 0.3) is 0 Å². The Bertz CT molecular complexity index is 986. The fourth-order valence-corrected chi connectivity index (χ4v) is 5.29. The van der Waals surface area contributed by atoms with Gasteiger partial charge in [0, 0.05) is 18.9 Å². The van der Waals surface area contributed by atoms with Crippen molar-refractivity contribution in [3.8, 4) is 0 Å². The third kappa shape index (κ3) is 5.32. The summed E-state index contributed by atoms with van der Waals surface area (Å²) in [6.07, 6.45) is 8.33. The van der Waals surface area contributed by atoms with Crippen LogP contribution in [0.15, 0.2) is 53.6 Å². The standard InChI is InChI=1S/C27H33F2N3O/c1-21(33)32-27(22-11-6-5-7-12-22,15-10-18-31-16-8-3-2-4-9-17-31)20-26(30-32)24-19-23(28)13-14-25(24)29/h5-7,11-14,19H,2-4,8-10,15-18,20H2,1H3/t27-/m0/s1. The van der Waals surface area contributed by atoms with Crippen LogP contribution >= 0.6 is 0 Å². The third-order valence-corrected chi connectivity index (χ3v) is 6.95. The van der Waals surface area contributed by atoms with Crippen molar-refractivity contribution in [2.45, 2.75) is 63.8 Å². The minimum Gasteiger partial charge on any atom is -0.303 e. The fourth-order valence-electron chi connectivity index (χ4n) is 5.29. The second kappa shape index (κ2) is 10.6. The van der Waals surface area contributed by atoms with Gasteiger partial charge in [-0.3, -0.25) is 4.79 Å². The number of benzene rings is 2. The highest BCUT2D eigenvalue weighted by Crippen LogP contribution is 2.43. The topological polar surface area (TPSA) is 35.9 Å². The Labute approximate surface area is 195 Å². The predicted molar refractivity (Wildman–Crippen MR) is 127 cm³/mol. The molecule has 4 nitrogen and oxygen atoms in total. The Morgan fingerprint density at radius 2 is 1.70 bits per heavy atom. The van der Waals surface area contributed by atoms with Crippen LogP contribution in [0.4, 0.5) is 8.78 Å². The fraction of sp³-hybridized carbons (Fsp3) is 0.481. The molecule has 4 rings (SSSR count). The SMILES string of the molecule is CC(=O)N1N=C(c2cc(F)ccc2F)C[C@@]1(CCCN1CCCCCCC1)c1ccccc1. The van der Waals surface area contributed by atoms with E-state index >= 15 is 0 Å². The molecule has 2 aromatic carbocycles. The number of hydrazone groups is 1. The van der Waals surface area contributed by atoms with Crippen molar-refractivity contribution in [1.82, 2.24) is 9.91 Å². The van der Waals surface area contributed by atoms with E-state index in [2.05, 4.69) is 10.0 Å². The van der Waals surface area contributed by atoms with E-state index in [1.54, 1.807) is 0 Å². The van der Waals surface area contributed by atoms with Crippen LogP contribution in [0, 0.1) is 11.6 Å². The van der Waals surface area contributed by atoms with Crippen molar-refractivity contribution in [3.63, 3.8) is 0 Å². The van der Waals surface area contributed by atoms with Gasteiger partial charge in [-0.15, -0.1) is 0 Å². The summed E-state index contributed by atoms with van der Waals surface area (Å²) in [5, 5.41) is 6.07. The summed E-state index contributed by atoms with van der Waals surface area (Å²) in [6.45, 7) is 4.68. The summed E-state index contributed by atoms with van der Waals surface area (Å²) in [7, 11) is 0. The molecule has 2 aliphatic heterocycles. The van der Waals surface area contributed by atoms with Crippen LogP contribution in [0.3, 0.4) is 0 Å². The minimum atomic E-state index is -0.704. The lowest BCUT2D eigenvalue weighted by molar-refractivity contribution is -0.135. The Kier molecular flexibility index (Phi) is 7.53. The normalized spacial score (nSPS) is 22.0. The van der Waals surface area contributed by atoms with E-state index in [9.17, 15) is 13.6 Å². The summed E-state index contributed by atoms with van der Waals surface area (Å²) >= 11 is 0. The number of carbonyl (C=O) groups is 1. The van der Waals surface area contributed by atoms with Crippen molar-refractivity contribution in [2.75, 3.05) is 19.6 Å². The molecule has 1 atom stereocenters. The number of hydrogen-bond acceptors (Lipinski definition) is 3. The lowest BCUT2D eigenvalue weighted by Crippen LogP contribution is -2.43. The highest BCUT2D eigenvalue weighted by atomic mass is 19.1. The van der Waals surface area contributed by atoms with E-state index in [0.29, 0.717) is 18.6 Å². The largest absolute Gasteiger partial charge is 0.303 e. The first-order valence-corrected chi connectivity index (χ1v) is 12.1. The molecule has 176 valence electrons. The van der Waals surface area contributed by atoms with Gasteiger partial charge in [-0.25, -0.2) is 13.8 Å². The Morgan fingerprint density at radius 3 is 2.39 bits per heavy atom. The van der Waals surface area contributed by atoms with Gasteiger partial charge in [-0.1, -0.05) is 49.6 Å². The summed E-state index contributed by atoms with van der Waals surface area (Å²) in [5.74, 6) is -1.24. The van der Waals surface area contributed by atoms with Crippen molar-refractivity contribution >= 4 is 11.6 Å². The van der Waals surface area contributed by atoms with E-state index in [1.807, 2.05) is 30.3 Å². The van der Waals surface area contributed by atoms with Gasteiger partial charge >= 0.3 is 0 Å². The smallest absolute Gasteiger partial charge is 0.240 e. The van der Waals surface area contributed by atoms with E-state index in [0.717, 1.165) is 43.8 Å². The first-order chi connectivity index (χ1) is 16.0. The molecular weight excluding hydrogens is 420 g/mol. The van der Waals surface area contributed by atoms with Gasteiger partial charge in [-0.2, -0.15) is 5.10 Å². The molecule has 0 radical (unpaired) electrons. The average Bonchev–Trinajstić information content (AvgIpc) is 3.18. The Balaban J connectivity index is 1.61. The van der Waals surface area contributed by atoms with Crippen molar-refractivity contribution in [3.05, 3.63) is 71.3 Å². The number of halogens is 2. The summed E-state index contributed by atoms with van der Waals surface area (Å²) in [4.78, 5) is 15.3. The number of amides is 1. The zero-order valence-electron chi connectivity index (χ0n) is 19.4. The highest BCUT2D eigenvalue weighted by molar-refractivity contribution is 6.03. The number of likely N-dealkylation sites (tertiary alicyclic amines) is 1. The van der Waals surface area contributed by atoms with Crippen LogP contribution < -0.4 is 0 Å². The molecule has 2 aromatic rings. The molecule has 0 aromatic heterocycles. The highest BCUT2D eigenvalue weighted by Gasteiger charge is 2.46. The zero-order valence-corrected chi connectivity index (χ0v) is 19.4. The Hall–Kier alpha value is -2.60. The number of hydrogen-bond donors (Lipinski definition) is 0. The van der Waals surface area contributed by atoms with Gasteiger partial charge in [0.2, 0.25) is 5.91 Å². The molecule has 1 saturated heterocycles. The predicted octanol–water partition coefficient (Wildman–Crippen LogP) is 5.86. The maximum Gasteiger partial charge on any atom is 0.240 e. The molecule has 0 spiro atoms. The monoisotopic (exact) mass is 453 g/mol. The summed E-state index contributed by atoms with van der Waals surface area (Å²) in [6, 6.07) is 13.3. The molecule has 6 heteroatoms. The van der Waals surface area contributed by atoms with Crippen molar-refractivity contribution < 1.29 is 13.6 Å². The van der Waals surface area contributed by atoms with Crippen LogP contribution in [0.2, 0.25) is 0 Å². The first kappa shape index (κ1) is 23.6. The van der Waals surface area contributed by atoms with Crippen LogP contribution in [0.5, 0.6) is 0 Å².